The highest BCUT2D eigenvalue weighted by Crippen LogP contribution is 2.17. The summed E-state index contributed by atoms with van der Waals surface area (Å²) in [7, 11) is 0. The van der Waals surface area contributed by atoms with Crippen LogP contribution in [0.25, 0.3) is 0 Å². The molecule has 1 aliphatic heterocycles. The van der Waals surface area contributed by atoms with Crippen LogP contribution in [0, 0.1) is 12.7 Å². The van der Waals surface area contributed by atoms with Gasteiger partial charge in [0.15, 0.2) is 0 Å². The van der Waals surface area contributed by atoms with Crippen molar-refractivity contribution in [3.8, 4) is 0 Å². The second-order valence-electron chi connectivity index (χ2n) is 7.61. The standard InChI is InChI=1S/C20H29FN2O2/c1-6-17-14-22(10-9-16-8-7-15(2)18(21)13-16)11-12-23(17)19(24)25-20(3,4)5/h6-8,13,17H,1,9-12,14H2,2-5H3/t17-/m1/s1. The fourth-order valence-corrected chi connectivity index (χ4v) is 2.90. The van der Waals surface area contributed by atoms with Gasteiger partial charge in [0.25, 0.3) is 0 Å². The van der Waals surface area contributed by atoms with E-state index in [2.05, 4.69) is 11.5 Å². The van der Waals surface area contributed by atoms with Crippen LogP contribution in [0.3, 0.4) is 0 Å². The van der Waals surface area contributed by atoms with Crippen molar-refractivity contribution in [2.75, 3.05) is 26.2 Å². The molecule has 0 unspecified atom stereocenters. The van der Waals surface area contributed by atoms with Crippen molar-refractivity contribution < 1.29 is 13.9 Å². The van der Waals surface area contributed by atoms with Gasteiger partial charge in [-0.3, -0.25) is 9.80 Å². The highest BCUT2D eigenvalue weighted by Gasteiger charge is 2.31. The molecular weight excluding hydrogens is 319 g/mol. The van der Waals surface area contributed by atoms with Crippen LogP contribution in [0.4, 0.5) is 9.18 Å². The van der Waals surface area contributed by atoms with E-state index in [1.54, 1.807) is 24.0 Å². The highest BCUT2D eigenvalue weighted by molar-refractivity contribution is 5.69. The Morgan fingerprint density at radius 1 is 1.40 bits per heavy atom. The zero-order valence-corrected chi connectivity index (χ0v) is 15.7. The van der Waals surface area contributed by atoms with E-state index in [1.165, 1.54) is 0 Å². The molecule has 2 rings (SSSR count). The first-order chi connectivity index (χ1) is 11.7. The van der Waals surface area contributed by atoms with Crippen molar-refractivity contribution in [3.63, 3.8) is 0 Å². The molecular formula is C20H29FN2O2. The molecule has 1 aromatic carbocycles. The molecule has 1 aromatic rings. The van der Waals surface area contributed by atoms with Crippen LogP contribution in [-0.2, 0) is 11.2 Å². The van der Waals surface area contributed by atoms with Gasteiger partial charge in [0.05, 0.1) is 6.04 Å². The lowest BCUT2D eigenvalue weighted by molar-refractivity contribution is 0.00559. The van der Waals surface area contributed by atoms with Gasteiger partial charge in [-0.15, -0.1) is 6.58 Å². The third kappa shape index (κ3) is 5.56. The summed E-state index contributed by atoms with van der Waals surface area (Å²) in [5.74, 6) is -0.156. The molecule has 25 heavy (non-hydrogen) atoms. The maximum absolute atomic E-state index is 13.7. The lowest BCUT2D eigenvalue weighted by Gasteiger charge is -2.40. The number of hydrogen-bond acceptors (Lipinski definition) is 3. The van der Waals surface area contributed by atoms with E-state index in [4.69, 9.17) is 4.74 Å². The van der Waals surface area contributed by atoms with E-state index in [9.17, 15) is 9.18 Å². The number of aryl methyl sites for hydroxylation is 1. The monoisotopic (exact) mass is 348 g/mol. The quantitative estimate of drug-likeness (QED) is 0.776. The highest BCUT2D eigenvalue weighted by atomic mass is 19.1. The Labute approximate surface area is 150 Å². The number of hydrogen-bond donors (Lipinski definition) is 0. The summed E-state index contributed by atoms with van der Waals surface area (Å²) in [6.45, 7) is 14.2. The van der Waals surface area contributed by atoms with Crippen LogP contribution in [0.1, 0.15) is 31.9 Å². The Balaban J connectivity index is 1.91. The predicted octanol–water partition coefficient (Wildman–Crippen LogP) is 3.78. The molecule has 0 spiro atoms. The molecule has 0 saturated carbocycles. The van der Waals surface area contributed by atoms with E-state index >= 15 is 0 Å². The van der Waals surface area contributed by atoms with Crippen LogP contribution < -0.4 is 0 Å². The average molecular weight is 348 g/mol. The molecule has 1 amide bonds. The van der Waals surface area contributed by atoms with Crippen LogP contribution in [0.15, 0.2) is 30.9 Å². The van der Waals surface area contributed by atoms with Gasteiger partial charge >= 0.3 is 6.09 Å². The minimum absolute atomic E-state index is 0.0710. The predicted molar refractivity (Wildman–Crippen MR) is 98.2 cm³/mol. The number of ether oxygens (including phenoxy) is 1. The lowest BCUT2D eigenvalue weighted by Crippen LogP contribution is -2.55. The number of carbonyl (C=O) groups is 1. The molecule has 0 aliphatic carbocycles. The molecule has 138 valence electrons. The fourth-order valence-electron chi connectivity index (χ4n) is 2.90. The lowest BCUT2D eigenvalue weighted by atomic mass is 10.1. The second kappa shape index (κ2) is 8.00. The molecule has 0 radical (unpaired) electrons. The molecule has 4 nitrogen and oxygen atoms in total. The first-order valence-corrected chi connectivity index (χ1v) is 8.79. The van der Waals surface area contributed by atoms with Gasteiger partial charge in [-0.05, 0) is 51.3 Å². The summed E-state index contributed by atoms with van der Waals surface area (Å²) in [6, 6.07) is 5.33. The zero-order chi connectivity index (χ0) is 18.6. The van der Waals surface area contributed by atoms with Gasteiger partial charge in [0.2, 0.25) is 0 Å². The van der Waals surface area contributed by atoms with E-state index in [0.29, 0.717) is 12.1 Å². The number of carbonyl (C=O) groups excluding carboxylic acids is 1. The number of amides is 1. The zero-order valence-electron chi connectivity index (χ0n) is 15.7. The van der Waals surface area contributed by atoms with Gasteiger partial charge in [-0.1, -0.05) is 18.2 Å². The summed E-state index contributed by atoms with van der Waals surface area (Å²) in [6.07, 6.45) is 2.28. The maximum Gasteiger partial charge on any atom is 0.410 e. The normalized spacial score (nSPS) is 18.9. The van der Waals surface area contributed by atoms with E-state index in [0.717, 1.165) is 31.6 Å². The third-order valence-corrected chi connectivity index (χ3v) is 4.36. The summed E-state index contributed by atoms with van der Waals surface area (Å²) < 4.78 is 19.1. The van der Waals surface area contributed by atoms with Crippen molar-refractivity contribution in [1.82, 2.24) is 9.80 Å². The number of nitrogens with zero attached hydrogens (tertiary/aromatic N) is 2. The first kappa shape index (κ1) is 19.4. The van der Waals surface area contributed by atoms with Gasteiger partial charge in [0, 0.05) is 26.2 Å². The number of piperazine rings is 1. The fraction of sp³-hybridized carbons (Fsp3) is 0.550. The Morgan fingerprint density at radius 2 is 2.12 bits per heavy atom. The van der Waals surface area contributed by atoms with Crippen LogP contribution in [-0.4, -0.2) is 53.7 Å². The number of benzene rings is 1. The third-order valence-electron chi connectivity index (χ3n) is 4.36. The van der Waals surface area contributed by atoms with Crippen molar-refractivity contribution in [3.05, 3.63) is 47.8 Å². The average Bonchev–Trinajstić information content (AvgIpc) is 2.54. The Morgan fingerprint density at radius 3 is 2.72 bits per heavy atom. The van der Waals surface area contributed by atoms with E-state index in [-0.39, 0.29) is 18.0 Å². The SMILES string of the molecule is C=C[C@@H]1CN(CCc2ccc(C)c(F)c2)CCN1C(=O)OC(C)(C)C. The van der Waals surface area contributed by atoms with Crippen molar-refractivity contribution >= 4 is 6.09 Å². The van der Waals surface area contributed by atoms with Gasteiger partial charge in [0.1, 0.15) is 11.4 Å². The smallest absolute Gasteiger partial charge is 0.410 e. The van der Waals surface area contributed by atoms with Crippen LogP contribution in [0.5, 0.6) is 0 Å². The summed E-state index contributed by atoms with van der Waals surface area (Å²) in [5.41, 5.74) is 1.16. The first-order valence-electron chi connectivity index (χ1n) is 8.79. The molecule has 5 heteroatoms. The molecule has 0 aromatic heterocycles. The van der Waals surface area contributed by atoms with E-state index in [1.807, 2.05) is 32.9 Å². The Bertz CT molecular complexity index is 625. The van der Waals surface area contributed by atoms with Crippen LogP contribution >= 0.6 is 0 Å². The Kier molecular flexibility index (Phi) is 6.22. The Hall–Kier alpha value is -1.88. The summed E-state index contributed by atoms with van der Waals surface area (Å²) >= 11 is 0. The van der Waals surface area contributed by atoms with E-state index < -0.39 is 5.60 Å². The molecule has 1 atom stereocenters. The molecule has 0 N–H and O–H groups in total. The number of halogens is 1. The summed E-state index contributed by atoms with van der Waals surface area (Å²) in [5, 5.41) is 0. The molecule has 1 heterocycles. The van der Waals surface area contributed by atoms with Crippen molar-refractivity contribution in [1.29, 1.82) is 0 Å². The molecule has 1 saturated heterocycles. The number of rotatable bonds is 4. The van der Waals surface area contributed by atoms with Crippen molar-refractivity contribution in [2.24, 2.45) is 0 Å². The van der Waals surface area contributed by atoms with Crippen molar-refractivity contribution in [2.45, 2.75) is 45.8 Å². The van der Waals surface area contributed by atoms with Gasteiger partial charge in [-0.25, -0.2) is 9.18 Å². The van der Waals surface area contributed by atoms with Gasteiger partial charge in [-0.2, -0.15) is 0 Å². The maximum atomic E-state index is 13.7. The molecule has 1 fully saturated rings. The van der Waals surface area contributed by atoms with Crippen LogP contribution in [0.2, 0.25) is 0 Å². The second-order valence-corrected chi connectivity index (χ2v) is 7.61. The van der Waals surface area contributed by atoms with Gasteiger partial charge < -0.3 is 4.74 Å². The topological polar surface area (TPSA) is 32.8 Å². The molecule has 0 bridgehead atoms. The summed E-state index contributed by atoms with van der Waals surface area (Å²) in [4.78, 5) is 16.4. The minimum Gasteiger partial charge on any atom is -0.444 e. The largest absolute Gasteiger partial charge is 0.444 e. The molecule has 1 aliphatic rings. The minimum atomic E-state index is -0.505.